The molecule has 0 fully saturated rings. The van der Waals surface area contributed by atoms with Crippen molar-refractivity contribution < 1.29 is 44.9 Å². The number of carbonyl (C=O) groups is 1. The predicted molar refractivity (Wildman–Crippen MR) is 73.1 cm³/mol. The summed E-state index contributed by atoms with van der Waals surface area (Å²) >= 11 is 0. The van der Waals surface area contributed by atoms with Crippen molar-refractivity contribution in [1.82, 2.24) is 4.90 Å². The van der Waals surface area contributed by atoms with Crippen LogP contribution in [0.15, 0.2) is 18.2 Å². The topological polar surface area (TPSA) is 55.6 Å². The van der Waals surface area contributed by atoms with Crippen LogP contribution in [0.25, 0.3) is 0 Å². The van der Waals surface area contributed by atoms with Crippen LogP contribution in [-0.2, 0) is 17.9 Å². The summed E-state index contributed by atoms with van der Waals surface area (Å²) in [4.78, 5) is 12.7. The third-order valence-corrected chi connectivity index (χ3v) is 3.13. The molecule has 6 heteroatoms. The van der Waals surface area contributed by atoms with Crippen molar-refractivity contribution in [1.29, 1.82) is 0 Å². The number of carbonyl (C=O) groups excluding carboxylic acids is 1. The van der Waals surface area contributed by atoms with Gasteiger partial charge in [0.2, 0.25) is 0 Å². The minimum absolute atomic E-state index is 0. The predicted octanol–water partition coefficient (Wildman–Crippen LogP) is -0.232. The van der Waals surface area contributed by atoms with Crippen molar-refractivity contribution in [2.75, 3.05) is 7.05 Å². The quantitative estimate of drug-likeness (QED) is 0.780. The fourth-order valence-corrected chi connectivity index (χ4v) is 1.55. The van der Waals surface area contributed by atoms with Crippen molar-refractivity contribution in [2.45, 2.75) is 39.5 Å². The summed E-state index contributed by atoms with van der Waals surface area (Å²) in [6.45, 7) is 6.65. The molecule has 0 aromatic heterocycles. The molecule has 4 nitrogen and oxygen atoms in total. The number of halogens is 1. The van der Waals surface area contributed by atoms with Gasteiger partial charge in [0.15, 0.2) is 0 Å². The molecule has 0 spiro atoms. The van der Waals surface area contributed by atoms with Crippen molar-refractivity contribution in [3.8, 4) is 0 Å². The van der Waals surface area contributed by atoms with Gasteiger partial charge in [-0.05, 0) is 39.4 Å². The van der Waals surface area contributed by atoms with E-state index < -0.39 is 6.09 Å². The third kappa shape index (κ3) is 5.79. The fraction of sp³-hybridized carbons (Fsp3) is 0.500. The van der Waals surface area contributed by atoms with Gasteiger partial charge in [0, 0.05) is 17.6 Å². The summed E-state index contributed by atoms with van der Waals surface area (Å²) < 4.78 is 18.5. The van der Waals surface area contributed by atoms with Gasteiger partial charge >= 0.3 is 35.7 Å². The van der Waals surface area contributed by atoms with Crippen LogP contribution < -0.4 is 35.3 Å². The molecule has 1 aromatic rings. The number of amides is 1. The molecule has 0 unspecified atom stereocenters. The van der Waals surface area contributed by atoms with Crippen LogP contribution in [0, 0.1) is 5.82 Å². The molecule has 2 N–H and O–H groups in total. The number of nitrogens with zero attached hydrogens (tertiary/aromatic N) is 1. The smallest absolute Gasteiger partial charge is 1.00 e. The Bertz CT molecular complexity index is 467. The average Bonchev–Trinajstić information content (AvgIpc) is 2.26. The van der Waals surface area contributed by atoms with Crippen LogP contribution >= 0.6 is 0 Å². The molecule has 0 aliphatic carbocycles. The zero-order valence-corrected chi connectivity index (χ0v) is 14.9. The summed E-state index contributed by atoms with van der Waals surface area (Å²) in [6.07, 6.45) is -0.904. The van der Waals surface area contributed by atoms with Crippen molar-refractivity contribution in [3.63, 3.8) is 0 Å². The van der Waals surface area contributed by atoms with Gasteiger partial charge in [0.05, 0.1) is 0 Å². The first-order valence-electron chi connectivity index (χ1n) is 6.11. The summed E-state index contributed by atoms with van der Waals surface area (Å²) in [6, 6.07) is 4.82. The summed E-state index contributed by atoms with van der Waals surface area (Å²) in [7, 11) is 1.96. The Hall–Kier alpha value is -0.620. The molecule has 1 rings (SSSR count). The zero-order valence-electron chi connectivity index (χ0n) is 13.9. The molecule has 20 heavy (non-hydrogen) atoms. The largest absolute Gasteiger partial charge is 1.00 e. The van der Waals surface area contributed by atoms with Gasteiger partial charge in [-0.25, -0.2) is 9.18 Å². The van der Waals surface area contributed by atoms with Crippen LogP contribution in [0.5, 0.6) is 0 Å². The fourth-order valence-electron chi connectivity index (χ4n) is 1.55. The van der Waals surface area contributed by atoms with E-state index >= 15 is 0 Å². The second-order valence-corrected chi connectivity index (χ2v) is 5.51. The van der Waals surface area contributed by atoms with E-state index in [0.29, 0.717) is 12.1 Å². The number of hydrogen-bond donors (Lipinski definition) is 1. The normalized spacial score (nSPS) is 11.1. The number of ether oxygens (including phenoxy) is 1. The molecule has 0 saturated carbocycles. The molecule has 0 heterocycles. The number of nitrogens with two attached hydrogens (primary N) is 1. The number of hydrogen-bond acceptors (Lipinski definition) is 3. The van der Waals surface area contributed by atoms with Gasteiger partial charge in [0.25, 0.3) is 0 Å². The molecular weight excluding hydrogens is 270 g/mol. The summed E-state index contributed by atoms with van der Waals surface area (Å²) in [5, 5.41) is 0. The molecule has 0 aliphatic heterocycles. The van der Waals surface area contributed by atoms with Crippen molar-refractivity contribution in [2.24, 2.45) is 5.73 Å². The minimum Gasteiger partial charge on any atom is -1.00 e. The summed E-state index contributed by atoms with van der Waals surface area (Å²) in [5.74, 6) is -0.388. The van der Waals surface area contributed by atoms with Crippen LogP contribution in [0.2, 0.25) is 0 Å². The second-order valence-electron chi connectivity index (χ2n) is 5.51. The number of primary amides is 1. The zero-order chi connectivity index (χ0) is 14.6. The van der Waals surface area contributed by atoms with Gasteiger partial charge in [-0.1, -0.05) is 12.1 Å². The van der Waals surface area contributed by atoms with Gasteiger partial charge in [-0.15, -0.1) is 0 Å². The van der Waals surface area contributed by atoms with E-state index in [9.17, 15) is 9.18 Å². The van der Waals surface area contributed by atoms with Crippen molar-refractivity contribution in [3.05, 3.63) is 35.1 Å². The van der Waals surface area contributed by atoms with Crippen LogP contribution in [0.4, 0.5) is 9.18 Å². The molecular formula is C14H22FN2NaO2. The Balaban J connectivity index is 0. The molecule has 0 atom stereocenters. The van der Waals surface area contributed by atoms with Crippen LogP contribution in [-0.4, -0.2) is 23.6 Å². The first-order chi connectivity index (χ1) is 8.71. The van der Waals surface area contributed by atoms with Crippen LogP contribution in [0.3, 0.4) is 0 Å². The maximum absolute atomic E-state index is 13.8. The minimum atomic E-state index is -0.904. The molecule has 1 amide bonds. The molecule has 0 aliphatic rings. The molecule has 0 saturated heterocycles. The Morgan fingerprint density at radius 3 is 2.55 bits per heavy atom. The van der Waals surface area contributed by atoms with E-state index in [1.165, 1.54) is 6.07 Å². The summed E-state index contributed by atoms with van der Waals surface area (Å²) in [5.41, 5.74) is 6.05. The SMILES string of the molecule is CN(Cc1cccc(F)c1COC(N)=O)C(C)(C)C.[H-].[Na+]. The van der Waals surface area contributed by atoms with E-state index in [2.05, 4.69) is 25.7 Å². The van der Waals surface area contributed by atoms with Gasteiger partial charge in [-0.2, -0.15) is 0 Å². The third-order valence-electron chi connectivity index (χ3n) is 3.13. The van der Waals surface area contributed by atoms with Gasteiger partial charge in [-0.3, -0.25) is 4.90 Å². The molecule has 0 radical (unpaired) electrons. The Kier molecular flexibility index (Phi) is 7.73. The standard InChI is InChI=1S/C14H21FN2O2.Na.H/c1-14(2,3)17(4)8-10-6-5-7-12(15)11(10)9-19-13(16)18;;/h5-7H,8-9H2,1-4H3,(H2,16,18);;/q;+1;-1. The molecule has 108 valence electrons. The Morgan fingerprint density at radius 2 is 2.05 bits per heavy atom. The maximum Gasteiger partial charge on any atom is 1.00 e. The van der Waals surface area contributed by atoms with E-state index in [0.717, 1.165) is 5.56 Å². The Morgan fingerprint density at radius 1 is 1.45 bits per heavy atom. The van der Waals surface area contributed by atoms with E-state index in [1.807, 2.05) is 13.1 Å². The van der Waals surface area contributed by atoms with E-state index in [4.69, 9.17) is 10.5 Å². The average molecular weight is 292 g/mol. The number of benzene rings is 1. The van der Waals surface area contributed by atoms with Crippen molar-refractivity contribution >= 4 is 6.09 Å². The number of rotatable bonds is 4. The monoisotopic (exact) mass is 292 g/mol. The van der Waals surface area contributed by atoms with E-state index in [-0.39, 0.29) is 48.9 Å². The molecule has 1 aromatic carbocycles. The van der Waals surface area contributed by atoms with Gasteiger partial charge in [0.1, 0.15) is 12.4 Å². The van der Waals surface area contributed by atoms with E-state index in [1.54, 1.807) is 6.07 Å². The first kappa shape index (κ1) is 19.4. The Labute approximate surface area is 143 Å². The molecule has 0 bridgehead atoms. The van der Waals surface area contributed by atoms with Gasteiger partial charge < -0.3 is 11.9 Å². The second kappa shape index (κ2) is 7.98. The first-order valence-corrected chi connectivity index (χ1v) is 6.11. The maximum atomic E-state index is 13.8. The van der Waals surface area contributed by atoms with Crippen LogP contribution in [0.1, 0.15) is 33.3 Å².